The minimum atomic E-state index is -1.47. The highest BCUT2D eigenvalue weighted by Crippen LogP contribution is 2.36. The number of rotatable bonds is 15. The molecule has 0 aromatic carbocycles. The molecule has 0 spiro atoms. The number of carbonyl (C=O) groups excluding carboxylic acids is 6. The van der Waals surface area contributed by atoms with Crippen molar-refractivity contribution in [2.24, 2.45) is 29.6 Å². The third kappa shape index (κ3) is 7.07. The van der Waals surface area contributed by atoms with Gasteiger partial charge < -0.3 is 29.1 Å². The van der Waals surface area contributed by atoms with Gasteiger partial charge in [-0.3, -0.25) is 24.0 Å². The average Bonchev–Trinajstić information content (AvgIpc) is 3.74. The molecule has 202 valence electrons. The van der Waals surface area contributed by atoms with Gasteiger partial charge in [0, 0.05) is 5.92 Å². The Bertz CT molecular complexity index is 945. The van der Waals surface area contributed by atoms with E-state index in [1.165, 1.54) is 0 Å². The van der Waals surface area contributed by atoms with E-state index >= 15 is 0 Å². The minimum Gasteiger partial charge on any atom is -0.461 e. The zero-order valence-electron chi connectivity index (χ0n) is 20.6. The Morgan fingerprint density at radius 1 is 0.622 bits per heavy atom. The predicted octanol–water partition coefficient (Wildman–Crippen LogP) is 0.999. The van der Waals surface area contributed by atoms with E-state index in [0.717, 1.165) is 0 Å². The van der Waals surface area contributed by atoms with E-state index in [4.69, 9.17) is 18.9 Å². The lowest BCUT2D eigenvalue weighted by Gasteiger charge is -2.35. The number of aldehydes is 1. The van der Waals surface area contributed by atoms with Crippen molar-refractivity contribution in [2.45, 2.75) is 88.6 Å². The highest BCUT2D eigenvalue weighted by molar-refractivity contribution is 5.84. The lowest BCUT2D eigenvalue weighted by atomic mass is 10.00. The van der Waals surface area contributed by atoms with Gasteiger partial charge in [-0.2, -0.15) is 0 Å². The Morgan fingerprint density at radius 3 is 1.51 bits per heavy atom. The molecule has 5 aliphatic carbocycles. The first-order valence-electron chi connectivity index (χ1n) is 13.4. The molecule has 1 amide bonds. The van der Waals surface area contributed by atoms with Crippen LogP contribution in [0.2, 0.25) is 0 Å². The van der Waals surface area contributed by atoms with Gasteiger partial charge >= 0.3 is 23.9 Å². The fourth-order valence-corrected chi connectivity index (χ4v) is 3.98. The Labute approximate surface area is 214 Å². The molecule has 5 rings (SSSR count). The van der Waals surface area contributed by atoms with Crippen LogP contribution in [0.4, 0.5) is 0 Å². The molecule has 37 heavy (non-hydrogen) atoms. The number of nitrogens with one attached hydrogen (secondary N) is 1. The van der Waals surface area contributed by atoms with Crippen molar-refractivity contribution in [2.75, 3.05) is 6.61 Å². The topological polar surface area (TPSA) is 151 Å². The number of hydrogen-bond donors (Lipinski definition) is 1. The summed E-state index contributed by atoms with van der Waals surface area (Å²) in [6.45, 7) is -0.434. The Balaban J connectivity index is 1.41. The van der Waals surface area contributed by atoms with Crippen LogP contribution in [0, 0.1) is 29.6 Å². The lowest BCUT2D eigenvalue weighted by molar-refractivity contribution is -0.196. The molecule has 5 fully saturated rings. The number of ether oxygens (including phenoxy) is 4. The first-order chi connectivity index (χ1) is 17.8. The standard InChI is InChI=1S/C26H33NO10/c28-11-18(27-22(29)13-1-2-13)20(36-25(32)16-7-8-16)21(37-26(33)17-9-10-17)19(35-24(31)15-5-6-15)12-34-23(30)14-3-4-14/h11,13-21H,1-10,12H2,(H,27,29)/t18-,19-,20-,21-/m1/s1. The molecule has 11 heteroatoms. The second-order valence-corrected chi connectivity index (χ2v) is 11.0. The maximum absolute atomic E-state index is 12.8. The molecule has 0 saturated heterocycles. The smallest absolute Gasteiger partial charge is 0.309 e. The summed E-state index contributed by atoms with van der Waals surface area (Å²) >= 11 is 0. The number of hydrogen-bond acceptors (Lipinski definition) is 10. The summed E-state index contributed by atoms with van der Waals surface area (Å²) in [6, 6.07) is -1.35. The predicted molar refractivity (Wildman–Crippen MR) is 122 cm³/mol. The van der Waals surface area contributed by atoms with Crippen LogP contribution < -0.4 is 5.32 Å². The van der Waals surface area contributed by atoms with Crippen molar-refractivity contribution in [3.05, 3.63) is 0 Å². The van der Waals surface area contributed by atoms with E-state index < -0.39 is 54.8 Å². The number of esters is 4. The van der Waals surface area contributed by atoms with Gasteiger partial charge in [0.05, 0.1) is 23.7 Å². The molecule has 0 aliphatic heterocycles. The summed E-state index contributed by atoms with van der Waals surface area (Å²) < 4.78 is 22.5. The van der Waals surface area contributed by atoms with Crippen LogP contribution in [0.15, 0.2) is 0 Å². The second kappa shape index (κ2) is 10.8. The normalized spacial score (nSPS) is 24.0. The van der Waals surface area contributed by atoms with Crippen LogP contribution in [0.3, 0.4) is 0 Å². The van der Waals surface area contributed by atoms with Crippen LogP contribution in [-0.2, 0) is 47.7 Å². The Kier molecular flexibility index (Phi) is 7.48. The lowest BCUT2D eigenvalue weighted by Crippen LogP contribution is -2.58. The van der Waals surface area contributed by atoms with Gasteiger partial charge in [-0.15, -0.1) is 0 Å². The van der Waals surface area contributed by atoms with Crippen LogP contribution in [0.1, 0.15) is 64.2 Å². The summed E-state index contributed by atoms with van der Waals surface area (Å²) in [5, 5.41) is 2.60. The van der Waals surface area contributed by atoms with Gasteiger partial charge in [0.25, 0.3) is 0 Å². The number of carbonyl (C=O) groups is 6. The highest BCUT2D eigenvalue weighted by Gasteiger charge is 2.49. The Morgan fingerprint density at radius 2 is 1.05 bits per heavy atom. The van der Waals surface area contributed by atoms with Crippen LogP contribution >= 0.6 is 0 Å². The molecular formula is C26H33NO10. The minimum absolute atomic E-state index is 0.226. The third-order valence-corrected chi connectivity index (χ3v) is 7.25. The van der Waals surface area contributed by atoms with E-state index in [9.17, 15) is 28.8 Å². The zero-order valence-corrected chi connectivity index (χ0v) is 20.6. The van der Waals surface area contributed by atoms with Gasteiger partial charge in [-0.1, -0.05) is 0 Å². The van der Waals surface area contributed by atoms with Crippen molar-refractivity contribution < 1.29 is 47.7 Å². The SMILES string of the molecule is O=C[C@@H](NC(=O)C1CC1)[C@@H](OC(=O)C1CC1)[C@H](OC(=O)C1CC1)[C@@H](COC(=O)C1CC1)OC(=O)C1CC1. The molecule has 0 bridgehead atoms. The van der Waals surface area contributed by atoms with Crippen molar-refractivity contribution >= 4 is 36.1 Å². The Hall–Kier alpha value is -2.98. The van der Waals surface area contributed by atoms with Gasteiger partial charge in [0.15, 0.2) is 18.3 Å². The fraction of sp³-hybridized carbons (Fsp3) is 0.769. The van der Waals surface area contributed by atoms with Gasteiger partial charge in [0.1, 0.15) is 18.9 Å². The average molecular weight is 520 g/mol. The molecule has 0 aromatic heterocycles. The molecule has 4 atom stereocenters. The van der Waals surface area contributed by atoms with Crippen molar-refractivity contribution in [1.29, 1.82) is 0 Å². The largest absolute Gasteiger partial charge is 0.461 e. The molecule has 0 heterocycles. The molecule has 0 unspecified atom stereocenters. The molecule has 1 N–H and O–H groups in total. The zero-order chi connectivity index (χ0) is 26.1. The summed E-state index contributed by atoms with van der Waals surface area (Å²) in [6.07, 6.45) is 2.74. The van der Waals surface area contributed by atoms with Gasteiger partial charge in [-0.05, 0) is 64.2 Å². The first kappa shape index (κ1) is 25.7. The molecule has 0 radical (unpaired) electrons. The maximum Gasteiger partial charge on any atom is 0.309 e. The number of amides is 1. The molecule has 5 aliphatic rings. The van der Waals surface area contributed by atoms with E-state index in [1.54, 1.807) is 0 Å². The van der Waals surface area contributed by atoms with Crippen LogP contribution in [0.5, 0.6) is 0 Å². The van der Waals surface area contributed by atoms with Crippen LogP contribution in [0.25, 0.3) is 0 Å². The van der Waals surface area contributed by atoms with Gasteiger partial charge in [-0.25, -0.2) is 0 Å². The second-order valence-electron chi connectivity index (χ2n) is 11.0. The van der Waals surface area contributed by atoms with Crippen molar-refractivity contribution in [3.8, 4) is 0 Å². The quantitative estimate of drug-likeness (QED) is 0.188. The van der Waals surface area contributed by atoms with Gasteiger partial charge in [0.2, 0.25) is 5.91 Å². The summed E-state index contributed by atoms with van der Waals surface area (Å²) in [5.41, 5.74) is 0. The summed E-state index contributed by atoms with van der Waals surface area (Å²) in [7, 11) is 0. The molecule has 5 saturated carbocycles. The van der Waals surface area contributed by atoms with Crippen molar-refractivity contribution in [3.63, 3.8) is 0 Å². The maximum atomic E-state index is 12.8. The highest BCUT2D eigenvalue weighted by atomic mass is 16.6. The molecule has 11 nitrogen and oxygen atoms in total. The molecule has 0 aromatic rings. The monoisotopic (exact) mass is 519 g/mol. The van der Waals surface area contributed by atoms with Crippen molar-refractivity contribution in [1.82, 2.24) is 5.32 Å². The van der Waals surface area contributed by atoms with Crippen LogP contribution in [-0.4, -0.2) is 67.0 Å². The van der Waals surface area contributed by atoms with E-state index in [0.29, 0.717) is 70.5 Å². The molecular weight excluding hydrogens is 486 g/mol. The summed E-state index contributed by atoms with van der Waals surface area (Å²) in [4.78, 5) is 75.3. The third-order valence-electron chi connectivity index (χ3n) is 7.25. The summed E-state index contributed by atoms with van der Waals surface area (Å²) in [5.74, 6) is -4.04. The fourth-order valence-electron chi connectivity index (χ4n) is 3.98. The van der Waals surface area contributed by atoms with E-state index in [1.807, 2.05) is 0 Å². The first-order valence-corrected chi connectivity index (χ1v) is 13.4. The van der Waals surface area contributed by atoms with E-state index in [-0.39, 0.29) is 35.5 Å². The van der Waals surface area contributed by atoms with E-state index in [2.05, 4.69) is 5.32 Å².